The Morgan fingerprint density at radius 1 is 1.35 bits per heavy atom. The molecule has 0 amide bonds. The Morgan fingerprint density at radius 2 is 2.00 bits per heavy atom. The lowest BCUT2D eigenvalue weighted by Crippen LogP contribution is -2.26. The Labute approximate surface area is 102 Å². The van der Waals surface area contributed by atoms with Gasteiger partial charge in [0, 0.05) is 0 Å². The number of nitrogens with two attached hydrogens (primary N) is 3. The SMILES string of the molecule is COc1c(Cl)ccc(N=C(N)N=C(N)N)c1F. The first-order valence-electron chi connectivity index (χ1n) is 4.41. The van der Waals surface area contributed by atoms with E-state index in [2.05, 4.69) is 9.98 Å². The lowest BCUT2D eigenvalue weighted by molar-refractivity contribution is 0.387. The topological polar surface area (TPSA) is 112 Å². The van der Waals surface area contributed by atoms with Gasteiger partial charge in [0.05, 0.1) is 12.1 Å². The standard InChI is InChI=1S/C9H11ClFN5O/c1-17-7-4(10)2-3-5(6(7)11)15-9(14)16-8(12)13/h2-3H,1H3,(H6,12,13,14,15,16). The normalized spacial score (nSPS) is 11.1. The van der Waals surface area contributed by atoms with Gasteiger partial charge >= 0.3 is 0 Å². The lowest BCUT2D eigenvalue weighted by atomic mass is 10.3. The van der Waals surface area contributed by atoms with Crippen LogP contribution < -0.4 is 21.9 Å². The van der Waals surface area contributed by atoms with Crippen LogP contribution in [0.25, 0.3) is 0 Å². The van der Waals surface area contributed by atoms with Gasteiger partial charge in [-0.3, -0.25) is 0 Å². The van der Waals surface area contributed by atoms with Crippen LogP contribution in [0, 0.1) is 5.82 Å². The van der Waals surface area contributed by atoms with E-state index < -0.39 is 5.82 Å². The molecule has 0 aliphatic carbocycles. The summed E-state index contributed by atoms with van der Waals surface area (Å²) in [6, 6.07) is 2.75. The fourth-order valence-electron chi connectivity index (χ4n) is 1.08. The number of guanidine groups is 2. The van der Waals surface area contributed by atoms with Crippen LogP contribution in [0.1, 0.15) is 0 Å². The van der Waals surface area contributed by atoms with Crippen molar-refractivity contribution in [3.05, 3.63) is 23.0 Å². The van der Waals surface area contributed by atoms with Crippen molar-refractivity contribution in [3.63, 3.8) is 0 Å². The van der Waals surface area contributed by atoms with Gasteiger partial charge in [-0.05, 0) is 12.1 Å². The van der Waals surface area contributed by atoms with Crippen LogP contribution in [0.15, 0.2) is 22.1 Å². The molecule has 1 aromatic rings. The predicted octanol–water partition coefficient (Wildman–Crippen LogP) is 0.707. The molecule has 8 heteroatoms. The van der Waals surface area contributed by atoms with Crippen LogP contribution >= 0.6 is 11.6 Å². The Morgan fingerprint density at radius 3 is 2.53 bits per heavy atom. The summed E-state index contributed by atoms with van der Waals surface area (Å²) in [7, 11) is 1.29. The van der Waals surface area contributed by atoms with Crippen LogP contribution in [0.5, 0.6) is 5.75 Å². The largest absolute Gasteiger partial charge is 0.492 e. The highest BCUT2D eigenvalue weighted by Gasteiger charge is 2.12. The molecule has 1 rings (SSSR count). The summed E-state index contributed by atoms with van der Waals surface area (Å²) in [6.07, 6.45) is 0. The third-order valence-electron chi connectivity index (χ3n) is 1.71. The van der Waals surface area contributed by atoms with E-state index in [-0.39, 0.29) is 28.4 Å². The van der Waals surface area contributed by atoms with E-state index >= 15 is 0 Å². The summed E-state index contributed by atoms with van der Waals surface area (Å²) >= 11 is 5.71. The zero-order valence-corrected chi connectivity index (χ0v) is 9.70. The van der Waals surface area contributed by atoms with Crippen molar-refractivity contribution >= 4 is 29.2 Å². The molecule has 0 aliphatic heterocycles. The summed E-state index contributed by atoms with van der Waals surface area (Å²) in [5, 5.41) is 0.129. The maximum Gasteiger partial charge on any atom is 0.223 e. The summed E-state index contributed by atoms with van der Waals surface area (Å²) < 4.78 is 18.5. The quantitative estimate of drug-likeness (QED) is 0.536. The fraction of sp³-hybridized carbons (Fsp3) is 0.111. The molecule has 0 saturated heterocycles. The molecule has 1 aromatic carbocycles. The second-order valence-corrected chi connectivity index (χ2v) is 3.33. The molecule has 0 fully saturated rings. The molecule has 0 saturated carbocycles. The van der Waals surface area contributed by atoms with Crippen LogP contribution in [-0.4, -0.2) is 19.0 Å². The first-order chi connectivity index (χ1) is 7.95. The number of methoxy groups -OCH3 is 1. The van der Waals surface area contributed by atoms with Crippen molar-refractivity contribution < 1.29 is 9.13 Å². The number of rotatable bonds is 2. The highest BCUT2D eigenvalue weighted by Crippen LogP contribution is 2.33. The monoisotopic (exact) mass is 259 g/mol. The number of ether oxygens (including phenoxy) is 1. The highest BCUT2D eigenvalue weighted by atomic mass is 35.5. The molecule has 6 N–H and O–H groups in total. The van der Waals surface area contributed by atoms with Crippen LogP contribution in [-0.2, 0) is 0 Å². The van der Waals surface area contributed by atoms with Crippen molar-refractivity contribution in [1.82, 2.24) is 0 Å². The molecular formula is C9H11ClFN5O. The predicted molar refractivity (Wildman–Crippen MR) is 65.1 cm³/mol. The van der Waals surface area contributed by atoms with Gasteiger partial charge in [-0.15, -0.1) is 0 Å². The molecule has 0 spiro atoms. The minimum atomic E-state index is -0.742. The number of nitrogens with zero attached hydrogens (tertiary/aromatic N) is 2. The van der Waals surface area contributed by atoms with Crippen LogP contribution in [0.3, 0.4) is 0 Å². The third kappa shape index (κ3) is 3.22. The maximum absolute atomic E-state index is 13.7. The second-order valence-electron chi connectivity index (χ2n) is 2.92. The number of hydrogen-bond donors (Lipinski definition) is 3. The first-order valence-corrected chi connectivity index (χ1v) is 4.79. The average molecular weight is 260 g/mol. The Balaban J connectivity index is 3.21. The van der Waals surface area contributed by atoms with E-state index in [1.165, 1.54) is 19.2 Å². The Kier molecular flexibility index (Phi) is 4.11. The average Bonchev–Trinajstić information content (AvgIpc) is 2.22. The zero-order valence-electron chi connectivity index (χ0n) is 8.95. The van der Waals surface area contributed by atoms with Crippen LogP contribution in [0.2, 0.25) is 5.02 Å². The van der Waals surface area contributed by atoms with Gasteiger partial charge in [-0.1, -0.05) is 11.6 Å². The molecule has 0 aromatic heterocycles. The van der Waals surface area contributed by atoms with E-state index in [1.54, 1.807) is 0 Å². The number of benzene rings is 1. The minimum absolute atomic E-state index is 0.0752. The van der Waals surface area contributed by atoms with Gasteiger partial charge in [0.15, 0.2) is 17.5 Å². The van der Waals surface area contributed by atoms with E-state index in [0.717, 1.165) is 0 Å². The highest BCUT2D eigenvalue weighted by molar-refractivity contribution is 6.32. The maximum atomic E-state index is 13.7. The van der Waals surface area contributed by atoms with E-state index in [9.17, 15) is 4.39 Å². The summed E-state index contributed by atoms with van der Waals surface area (Å²) in [5.74, 6) is -1.40. The first kappa shape index (κ1) is 13.0. The van der Waals surface area contributed by atoms with Crippen molar-refractivity contribution in [1.29, 1.82) is 0 Å². The molecule has 0 unspecified atom stereocenters. The smallest absolute Gasteiger partial charge is 0.223 e. The summed E-state index contributed by atoms with van der Waals surface area (Å²) in [4.78, 5) is 7.13. The molecule has 92 valence electrons. The van der Waals surface area contributed by atoms with Crippen LogP contribution in [0.4, 0.5) is 10.1 Å². The second kappa shape index (κ2) is 5.35. The van der Waals surface area contributed by atoms with Crippen molar-refractivity contribution in [2.24, 2.45) is 27.2 Å². The molecule has 0 heterocycles. The molecule has 0 atom stereocenters. The van der Waals surface area contributed by atoms with Gasteiger partial charge < -0.3 is 21.9 Å². The van der Waals surface area contributed by atoms with E-state index in [0.29, 0.717) is 0 Å². The minimum Gasteiger partial charge on any atom is -0.492 e. The summed E-state index contributed by atoms with van der Waals surface area (Å²) in [6.45, 7) is 0. The van der Waals surface area contributed by atoms with Gasteiger partial charge in [-0.2, -0.15) is 4.99 Å². The van der Waals surface area contributed by atoms with Gasteiger partial charge in [-0.25, -0.2) is 9.38 Å². The fourth-order valence-corrected chi connectivity index (χ4v) is 1.30. The van der Waals surface area contributed by atoms with Crippen molar-refractivity contribution in [2.75, 3.05) is 7.11 Å². The zero-order chi connectivity index (χ0) is 13.0. The van der Waals surface area contributed by atoms with Crippen molar-refractivity contribution in [2.45, 2.75) is 0 Å². The van der Waals surface area contributed by atoms with E-state index in [4.69, 9.17) is 33.5 Å². The van der Waals surface area contributed by atoms with Gasteiger partial charge in [0.2, 0.25) is 5.96 Å². The third-order valence-corrected chi connectivity index (χ3v) is 2.01. The lowest BCUT2D eigenvalue weighted by Gasteiger charge is -2.06. The molecular weight excluding hydrogens is 249 g/mol. The summed E-state index contributed by atoms with van der Waals surface area (Å²) in [5.41, 5.74) is 15.5. The van der Waals surface area contributed by atoms with E-state index in [1.807, 2.05) is 0 Å². The molecule has 0 bridgehead atoms. The Bertz CT molecular complexity index is 485. The molecule has 0 radical (unpaired) electrons. The molecule has 17 heavy (non-hydrogen) atoms. The molecule has 6 nitrogen and oxygen atoms in total. The molecule has 0 aliphatic rings. The number of hydrogen-bond acceptors (Lipinski definition) is 2. The number of halogens is 2. The number of aliphatic imine (C=N–C) groups is 2. The van der Waals surface area contributed by atoms with Gasteiger partial charge in [0.1, 0.15) is 5.69 Å². The van der Waals surface area contributed by atoms with Crippen molar-refractivity contribution in [3.8, 4) is 5.75 Å². The Hall–Kier alpha value is -2.02. The van der Waals surface area contributed by atoms with Gasteiger partial charge in [0.25, 0.3) is 0 Å².